The normalized spacial score (nSPS) is 11.6. The molecule has 0 saturated heterocycles. The molecule has 25 heavy (non-hydrogen) atoms. The standard InChI is InChI=1S/C19H17N3O3/c1-22(2)10-13-16(23)8-7-11-9-12(19(24)25-17(11)13)18-20-14-5-3-4-6-15(14)21-18/h3-9,23H,10H2,1-2H3,(H,20,21)/p+2. The molecule has 126 valence electrons. The summed E-state index contributed by atoms with van der Waals surface area (Å²) in [4.78, 5) is 20.1. The molecular formula is C19H19N3O3+2. The second-order valence-corrected chi connectivity index (χ2v) is 6.48. The van der Waals surface area contributed by atoms with Gasteiger partial charge in [-0.05, 0) is 30.3 Å². The van der Waals surface area contributed by atoms with E-state index in [2.05, 4.69) is 9.97 Å². The second kappa shape index (κ2) is 5.75. The van der Waals surface area contributed by atoms with Crippen molar-refractivity contribution in [3.63, 3.8) is 0 Å². The Morgan fingerprint density at radius 2 is 2.00 bits per heavy atom. The predicted molar refractivity (Wildman–Crippen MR) is 94.5 cm³/mol. The Labute approximate surface area is 143 Å². The minimum absolute atomic E-state index is 0.141. The zero-order valence-corrected chi connectivity index (χ0v) is 14.0. The molecule has 2 aromatic carbocycles. The van der Waals surface area contributed by atoms with Crippen molar-refractivity contribution in [3.05, 3.63) is 58.4 Å². The number of aromatic nitrogens is 2. The van der Waals surface area contributed by atoms with Crippen LogP contribution in [-0.2, 0) is 6.54 Å². The highest BCUT2D eigenvalue weighted by Crippen LogP contribution is 2.27. The van der Waals surface area contributed by atoms with E-state index >= 15 is 0 Å². The first-order valence-electron chi connectivity index (χ1n) is 8.11. The van der Waals surface area contributed by atoms with Gasteiger partial charge in [-0.15, -0.1) is 0 Å². The number of H-pyrrole nitrogens is 2. The number of imidazole rings is 1. The first kappa shape index (κ1) is 15.4. The summed E-state index contributed by atoms with van der Waals surface area (Å²) in [6.07, 6.45) is 0. The summed E-state index contributed by atoms with van der Waals surface area (Å²) in [5, 5.41) is 10.9. The fourth-order valence-electron chi connectivity index (χ4n) is 3.07. The Bertz CT molecular complexity index is 1110. The van der Waals surface area contributed by atoms with Crippen molar-refractivity contribution >= 4 is 22.0 Å². The van der Waals surface area contributed by atoms with Crippen molar-refractivity contribution < 1.29 is 19.4 Å². The van der Waals surface area contributed by atoms with Crippen LogP contribution in [0.15, 0.2) is 51.7 Å². The summed E-state index contributed by atoms with van der Waals surface area (Å²) < 4.78 is 5.59. The predicted octanol–water partition coefficient (Wildman–Crippen LogP) is 1.11. The highest BCUT2D eigenvalue weighted by atomic mass is 16.4. The van der Waals surface area contributed by atoms with Crippen molar-refractivity contribution in [2.45, 2.75) is 6.54 Å². The van der Waals surface area contributed by atoms with Crippen molar-refractivity contribution in [2.75, 3.05) is 14.1 Å². The van der Waals surface area contributed by atoms with Crippen molar-refractivity contribution in [2.24, 2.45) is 0 Å². The number of fused-ring (bicyclic) bond motifs is 2. The van der Waals surface area contributed by atoms with Gasteiger partial charge < -0.3 is 14.4 Å². The average Bonchev–Trinajstić information content (AvgIpc) is 3.01. The average molecular weight is 337 g/mol. The van der Waals surface area contributed by atoms with Crippen molar-refractivity contribution in [3.8, 4) is 17.1 Å². The van der Waals surface area contributed by atoms with E-state index in [0.29, 0.717) is 29.1 Å². The molecule has 0 spiro atoms. The molecule has 0 bridgehead atoms. The third-order valence-electron chi connectivity index (χ3n) is 4.23. The SMILES string of the molecule is C[NH+](C)Cc1c(O)ccc2cc(-c3[nH]c4ccccc4[nH+]3)c(=O)oc12. The second-order valence-electron chi connectivity index (χ2n) is 6.48. The fourth-order valence-corrected chi connectivity index (χ4v) is 3.07. The summed E-state index contributed by atoms with van der Waals surface area (Å²) in [6, 6.07) is 12.9. The van der Waals surface area contributed by atoms with Gasteiger partial charge in [0.25, 0.3) is 5.82 Å². The largest absolute Gasteiger partial charge is 0.507 e. The molecule has 0 radical (unpaired) electrons. The van der Waals surface area contributed by atoms with E-state index in [1.807, 2.05) is 38.4 Å². The van der Waals surface area contributed by atoms with E-state index in [0.717, 1.165) is 21.3 Å². The Kier molecular flexibility index (Phi) is 3.54. The molecule has 0 aliphatic carbocycles. The van der Waals surface area contributed by atoms with Gasteiger partial charge in [-0.3, -0.25) is 0 Å². The molecule has 6 nitrogen and oxygen atoms in total. The zero-order chi connectivity index (χ0) is 17.6. The molecule has 0 atom stereocenters. The van der Waals surface area contributed by atoms with E-state index in [1.54, 1.807) is 18.2 Å². The minimum Gasteiger partial charge on any atom is -0.507 e. The molecule has 0 aliphatic heterocycles. The maximum absolute atomic E-state index is 12.6. The Hall–Kier alpha value is -3.12. The third kappa shape index (κ3) is 2.66. The first-order valence-corrected chi connectivity index (χ1v) is 8.11. The van der Waals surface area contributed by atoms with Gasteiger partial charge in [0.15, 0.2) is 16.6 Å². The Morgan fingerprint density at radius 1 is 1.20 bits per heavy atom. The number of rotatable bonds is 3. The number of phenols is 1. The number of benzene rings is 2. The summed E-state index contributed by atoms with van der Waals surface area (Å²) in [5.41, 5.74) is 2.89. The van der Waals surface area contributed by atoms with E-state index in [4.69, 9.17) is 4.42 Å². The van der Waals surface area contributed by atoms with Gasteiger partial charge in [0.1, 0.15) is 17.9 Å². The lowest BCUT2D eigenvalue weighted by Gasteiger charge is -2.10. The Morgan fingerprint density at radius 3 is 2.76 bits per heavy atom. The molecule has 4 N–H and O–H groups in total. The monoisotopic (exact) mass is 337 g/mol. The fraction of sp³-hybridized carbons (Fsp3) is 0.158. The summed E-state index contributed by atoms with van der Waals surface area (Å²) in [7, 11) is 3.95. The van der Waals surface area contributed by atoms with Crippen LogP contribution in [0.4, 0.5) is 0 Å². The highest BCUT2D eigenvalue weighted by Gasteiger charge is 2.20. The first-order chi connectivity index (χ1) is 12.0. The number of aromatic amines is 2. The lowest BCUT2D eigenvalue weighted by atomic mass is 10.1. The molecule has 0 fully saturated rings. The van der Waals surface area contributed by atoms with Gasteiger partial charge in [-0.1, -0.05) is 12.1 Å². The summed E-state index contributed by atoms with van der Waals surface area (Å²) >= 11 is 0. The van der Waals surface area contributed by atoms with Crippen LogP contribution in [0.3, 0.4) is 0 Å². The molecule has 0 aliphatic rings. The van der Waals surface area contributed by atoms with Gasteiger partial charge in [0.2, 0.25) is 0 Å². The van der Waals surface area contributed by atoms with Gasteiger partial charge in [0, 0.05) is 5.39 Å². The smallest absolute Gasteiger partial charge is 0.352 e. The summed E-state index contributed by atoms with van der Waals surface area (Å²) in [6.45, 7) is 0.559. The number of hydrogen-bond donors (Lipinski definition) is 3. The number of hydrogen-bond acceptors (Lipinski definition) is 3. The number of phenolic OH excluding ortho intramolecular Hbond substituents is 1. The molecule has 4 rings (SSSR count). The summed E-state index contributed by atoms with van der Waals surface area (Å²) in [5.74, 6) is 0.742. The molecule has 4 aromatic rings. The third-order valence-corrected chi connectivity index (χ3v) is 4.23. The van der Waals surface area contributed by atoms with Gasteiger partial charge in [-0.25, -0.2) is 14.8 Å². The highest BCUT2D eigenvalue weighted by molar-refractivity contribution is 5.85. The van der Waals surface area contributed by atoms with Crippen LogP contribution in [0.25, 0.3) is 33.4 Å². The molecule has 0 saturated carbocycles. The zero-order valence-electron chi connectivity index (χ0n) is 14.0. The van der Waals surface area contributed by atoms with Crippen LogP contribution >= 0.6 is 0 Å². The van der Waals surface area contributed by atoms with Crippen LogP contribution in [0, 0.1) is 0 Å². The number of aromatic hydroxyl groups is 1. The number of nitrogens with one attached hydrogen (secondary N) is 3. The van der Waals surface area contributed by atoms with Crippen LogP contribution in [0.1, 0.15) is 5.56 Å². The molecule has 0 amide bonds. The van der Waals surface area contributed by atoms with E-state index in [1.165, 1.54) is 0 Å². The quantitative estimate of drug-likeness (QED) is 0.490. The molecule has 2 heterocycles. The topological polar surface area (TPSA) is 84.8 Å². The number of para-hydroxylation sites is 2. The lowest BCUT2D eigenvalue weighted by molar-refractivity contribution is -0.872. The molecule has 0 unspecified atom stereocenters. The lowest BCUT2D eigenvalue weighted by Crippen LogP contribution is -3.04. The Balaban J connectivity index is 1.93. The molecule has 2 aromatic heterocycles. The number of quaternary nitrogens is 1. The minimum atomic E-state index is -0.448. The molecular weight excluding hydrogens is 318 g/mol. The van der Waals surface area contributed by atoms with E-state index < -0.39 is 5.63 Å². The van der Waals surface area contributed by atoms with Crippen LogP contribution in [0.5, 0.6) is 5.75 Å². The van der Waals surface area contributed by atoms with Gasteiger partial charge >= 0.3 is 5.63 Å². The van der Waals surface area contributed by atoms with Gasteiger partial charge in [-0.2, -0.15) is 0 Å². The van der Waals surface area contributed by atoms with Crippen LogP contribution < -0.4 is 15.5 Å². The maximum atomic E-state index is 12.6. The van der Waals surface area contributed by atoms with E-state index in [9.17, 15) is 9.90 Å². The van der Waals surface area contributed by atoms with Gasteiger partial charge in [0.05, 0.1) is 19.7 Å². The maximum Gasteiger partial charge on any atom is 0.352 e. The van der Waals surface area contributed by atoms with Crippen molar-refractivity contribution in [1.29, 1.82) is 0 Å². The van der Waals surface area contributed by atoms with E-state index in [-0.39, 0.29) is 5.75 Å². The van der Waals surface area contributed by atoms with Crippen LogP contribution in [-0.4, -0.2) is 24.2 Å². The van der Waals surface area contributed by atoms with Crippen LogP contribution in [0.2, 0.25) is 0 Å². The molecule has 6 heteroatoms. The van der Waals surface area contributed by atoms with Crippen molar-refractivity contribution in [1.82, 2.24) is 4.98 Å².